The van der Waals surface area contributed by atoms with Crippen LogP contribution in [0.25, 0.3) is 0 Å². The highest BCUT2D eigenvalue weighted by molar-refractivity contribution is 9.10. The van der Waals surface area contributed by atoms with Crippen LogP contribution in [0.2, 0.25) is 0 Å². The van der Waals surface area contributed by atoms with Gasteiger partial charge in [0.15, 0.2) is 0 Å². The molecule has 5 heteroatoms. The second kappa shape index (κ2) is 5.57. The van der Waals surface area contributed by atoms with Crippen molar-refractivity contribution >= 4 is 15.9 Å². The zero-order valence-electron chi connectivity index (χ0n) is 10.1. The van der Waals surface area contributed by atoms with E-state index >= 15 is 0 Å². The zero-order chi connectivity index (χ0) is 14.0. The highest BCUT2D eigenvalue weighted by atomic mass is 79.9. The summed E-state index contributed by atoms with van der Waals surface area (Å²) in [6, 6.07) is 7.09. The zero-order valence-corrected chi connectivity index (χ0v) is 11.7. The van der Waals surface area contributed by atoms with Gasteiger partial charge in [-0.3, -0.25) is 0 Å². The van der Waals surface area contributed by atoms with E-state index in [2.05, 4.69) is 15.9 Å². The second-order valence-corrected chi connectivity index (χ2v) is 4.97. The maximum Gasteiger partial charge on any atom is 0.146 e. The minimum atomic E-state index is -0.683. The van der Waals surface area contributed by atoms with Gasteiger partial charge in [-0.15, -0.1) is 0 Å². The molecule has 0 saturated heterocycles. The summed E-state index contributed by atoms with van der Waals surface area (Å²) in [6.07, 6.45) is 0. The second-order valence-electron chi connectivity index (χ2n) is 4.11. The molecular weight excluding hydrogens is 318 g/mol. The number of rotatable bonds is 3. The Bertz CT molecular complexity index is 594. The van der Waals surface area contributed by atoms with Gasteiger partial charge in [0.25, 0.3) is 0 Å². The van der Waals surface area contributed by atoms with Crippen LogP contribution in [0.1, 0.15) is 11.1 Å². The van der Waals surface area contributed by atoms with Crippen LogP contribution in [-0.2, 0) is 6.61 Å². The van der Waals surface area contributed by atoms with Gasteiger partial charge in [0, 0.05) is 6.07 Å². The van der Waals surface area contributed by atoms with Crippen LogP contribution in [0.5, 0.6) is 11.5 Å². The first kappa shape index (κ1) is 13.8. The summed E-state index contributed by atoms with van der Waals surface area (Å²) in [5.74, 6) is -0.948. The predicted octanol–water partition coefficient (Wildman–Crippen LogP) is 4.32. The molecule has 0 saturated carbocycles. The van der Waals surface area contributed by atoms with E-state index in [4.69, 9.17) is 4.74 Å². The van der Waals surface area contributed by atoms with Crippen molar-refractivity contribution in [3.63, 3.8) is 0 Å². The Morgan fingerprint density at radius 3 is 2.63 bits per heavy atom. The molecule has 1 N–H and O–H groups in total. The lowest BCUT2D eigenvalue weighted by Gasteiger charge is -2.10. The molecule has 0 atom stereocenters. The molecule has 2 aromatic carbocycles. The van der Waals surface area contributed by atoms with Gasteiger partial charge in [0.1, 0.15) is 29.7 Å². The normalized spacial score (nSPS) is 10.5. The first-order chi connectivity index (χ1) is 8.97. The van der Waals surface area contributed by atoms with Crippen molar-refractivity contribution in [3.8, 4) is 11.5 Å². The number of ether oxygens (including phenoxy) is 1. The third kappa shape index (κ3) is 3.23. The number of aromatic hydroxyl groups is 1. The van der Waals surface area contributed by atoms with Crippen molar-refractivity contribution < 1.29 is 18.6 Å². The maximum atomic E-state index is 13.7. The molecule has 0 fully saturated rings. The van der Waals surface area contributed by atoms with E-state index < -0.39 is 11.6 Å². The Kier molecular flexibility index (Phi) is 4.04. The summed E-state index contributed by atoms with van der Waals surface area (Å²) in [6.45, 7) is 1.53. The van der Waals surface area contributed by atoms with Gasteiger partial charge in [-0.1, -0.05) is 0 Å². The lowest BCUT2D eigenvalue weighted by molar-refractivity contribution is 0.290. The van der Waals surface area contributed by atoms with Crippen LogP contribution in [-0.4, -0.2) is 5.11 Å². The van der Waals surface area contributed by atoms with E-state index in [0.29, 0.717) is 5.75 Å². The van der Waals surface area contributed by atoms with Crippen molar-refractivity contribution in [2.24, 2.45) is 0 Å². The Morgan fingerprint density at radius 1 is 1.21 bits per heavy atom. The SMILES string of the molecule is Cc1cc(O)cc(OCc2c(F)ccc(Br)c2F)c1. The third-order valence-electron chi connectivity index (χ3n) is 2.56. The maximum absolute atomic E-state index is 13.7. The van der Waals surface area contributed by atoms with Crippen molar-refractivity contribution in [2.45, 2.75) is 13.5 Å². The Morgan fingerprint density at radius 2 is 1.95 bits per heavy atom. The van der Waals surface area contributed by atoms with E-state index in [1.54, 1.807) is 19.1 Å². The van der Waals surface area contributed by atoms with Gasteiger partial charge < -0.3 is 9.84 Å². The Hall–Kier alpha value is -1.62. The third-order valence-corrected chi connectivity index (χ3v) is 3.17. The summed E-state index contributed by atoms with van der Waals surface area (Å²) >= 11 is 2.99. The van der Waals surface area contributed by atoms with Gasteiger partial charge in [-0.25, -0.2) is 8.78 Å². The minimum Gasteiger partial charge on any atom is -0.508 e. The van der Waals surface area contributed by atoms with Crippen LogP contribution in [0, 0.1) is 18.6 Å². The van der Waals surface area contributed by atoms with Crippen LogP contribution in [0.3, 0.4) is 0 Å². The fourth-order valence-electron chi connectivity index (χ4n) is 1.67. The Balaban J connectivity index is 2.21. The molecule has 19 heavy (non-hydrogen) atoms. The smallest absolute Gasteiger partial charge is 0.146 e. The molecule has 0 bridgehead atoms. The standard InChI is InChI=1S/C14H11BrF2O2/c1-8-4-9(18)6-10(5-8)19-7-11-13(16)3-2-12(15)14(11)17/h2-6,18H,7H2,1H3. The van der Waals surface area contributed by atoms with Gasteiger partial charge >= 0.3 is 0 Å². The topological polar surface area (TPSA) is 29.5 Å². The van der Waals surface area contributed by atoms with Crippen LogP contribution >= 0.6 is 15.9 Å². The molecule has 0 heterocycles. The number of hydrogen-bond donors (Lipinski definition) is 1. The number of halogens is 3. The summed E-state index contributed by atoms with van der Waals surface area (Å²) in [4.78, 5) is 0. The molecule has 0 radical (unpaired) electrons. The fraction of sp³-hybridized carbons (Fsp3) is 0.143. The number of aryl methyl sites for hydroxylation is 1. The number of phenolic OH excluding ortho intramolecular Hbond substituents is 1. The molecule has 0 amide bonds. The molecule has 0 aliphatic heterocycles. The van der Waals surface area contributed by atoms with Crippen molar-refractivity contribution in [1.29, 1.82) is 0 Å². The first-order valence-electron chi connectivity index (χ1n) is 5.53. The lowest BCUT2D eigenvalue weighted by Crippen LogP contribution is -2.02. The van der Waals surface area contributed by atoms with Crippen molar-refractivity contribution in [1.82, 2.24) is 0 Å². The molecule has 0 aliphatic carbocycles. The summed E-state index contributed by atoms with van der Waals surface area (Å²) < 4.78 is 32.7. The van der Waals surface area contributed by atoms with E-state index in [1.807, 2.05) is 0 Å². The minimum absolute atomic E-state index is 0.0465. The molecular formula is C14H11BrF2O2. The van der Waals surface area contributed by atoms with Gasteiger partial charge in [0.05, 0.1) is 10.0 Å². The number of hydrogen-bond acceptors (Lipinski definition) is 2. The van der Waals surface area contributed by atoms with Crippen LogP contribution < -0.4 is 4.74 Å². The van der Waals surface area contributed by atoms with E-state index in [9.17, 15) is 13.9 Å². The van der Waals surface area contributed by atoms with Crippen molar-refractivity contribution in [2.75, 3.05) is 0 Å². The van der Waals surface area contributed by atoms with Crippen molar-refractivity contribution in [3.05, 3.63) is 57.6 Å². The monoisotopic (exact) mass is 328 g/mol. The Labute approximate surface area is 117 Å². The molecule has 0 unspecified atom stereocenters. The largest absolute Gasteiger partial charge is 0.508 e. The highest BCUT2D eigenvalue weighted by Crippen LogP contribution is 2.25. The molecule has 0 aromatic heterocycles. The molecule has 0 spiro atoms. The molecule has 100 valence electrons. The predicted molar refractivity (Wildman–Crippen MR) is 71.2 cm³/mol. The number of benzene rings is 2. The summed E-state index contributed by atoms with van der Waals surface area (Å²) in [5.41, 5.74) is 0.639. The fourth-order valence-corrected chi connectivity index (χ4v) is 2.04. The van der Waals surface area contributed by atoms with Gasteiger partial charge in [-0.2, -0.15) is 0 Å². The van der Waals surface area contributed by atoms with E-state index in [1.165, 1.54) is 18.2 Å². The first-order valence-corrected chi connectivity index (χ1v) is 6.32. The van der Waals surface area contributed by atoms with Crippen LogP contribution in [0.15, 0.2) is 34.8 Å². The van der Waals surface area contributed by atoms with E-state index in [-0.39, 0.29) is 22.4 Å². The molecule has 2 rings (SSSR count). The summed E-state index contributed by atoms with van der Waals surface area (Å²) in [7, 11) is 0. The number of phenols is 1. The molecule has 2 aromatic rings. The quantitative estimate of drug-likeness (QED) is 0.850. The average molecular weight is 329 g/mol. The lowest BCUT2D eigenvalue weighted by atomic mass is 10.2. The molecule has 0 aliphatic rings. The molecule has 2 nitrogen and oxygen atoms in total. The highest BCUT2D eigenvalue weighted by Gasteiger charge is 2.13. The van der Waals surface area contributed by atoms with Gasteiger partial charge in [-0.05, 0) is 52.7 Å². The average Bonchev–Trinajstić information content (AvgIpc) is 2.33. The van der Waals surface area contributed by atoms with Crippen LogP contribution in [0.4, 0.5) is 8.78 Å². The van der Waals surface area contributed by atoms with E-state index in [0.717, 1.165) is 5.56 Å². The van der Waals surface area contributed by atoms with Gasteiger partial charge in [0.2, 0.25) is 0 Å². The summed E-state index contributed by atoms with van der Waals surface area (Å²) in [5, 5.41) is 9.41.